The third kappa shape index (κ3) is 4.51. The van der Waals surface area contributed by atoms with E-state index in [1.807, 2.05) is 0 Å². The van der Waals surface area contributed by atoms with Gasteiger partial charge in [-0.3, -0.25) is 4.79 Å². The van der Waals surface area contributed by atoms with Gasteiger partial charge in [0.2, 0.25) is 0 Å². The third-order valence-electron chi connectivity index (χ3n) is 4.27. The standard InChI is InChI=1S/C19H17Cl2FO3/c20-12-7-17(11-1-3-13(22)4-2-11)16(18(21)8-12)6-5-15-9-14(23)10-19(24)25-15/h1-4,7-8,14-15,23H,5-6,9-10H2. The van der Waals surface area contributed by atoms with Crippen molar-refractivity contribution in [2.24, 2.45) is 0 Å². The van der Waals surface area contributed by atoms with Crippen LogP contribution in [0.5, 0.6) is 0 Å². The highest BCUT2D eigenvalue weighted by Gasteiger charge is 2.27. The van der Waals surface area contributed by atoms with E-state index in [0.29, 0.717) is 29.3 Å². The highest BCUT2D eigenvalue weighted by molar-refractivity contribution is 6.35. The van der Waals surface area contributed by atoms with Crippen molar-refractivity contribution in [1.82, 2.24) is 0 Å². The number of hydrogen-bond acceptors (Lipinski definition) is 3. The molecule has 1 aliphatic heterocycles. The first-order valence-corrected chi connectivity index (χ1v) is 8.79. The molecule has 1 aliphatic rings. The van der Waals surface area contributed by atoms with Crippen LogP contribution in [0.15, 0.2) is 36.4 Å². The van der Waals surface area contributed by atoms with Crippen LogP contribution in [-0.4, -0.2) is 23.3 Å². The number of ether oxygens (including phenoxy) is 1. The van der Waals surface area contributed by atoms with Crippen LogP contribution in [0, 0.1) is 5.82 Å². The maximum Gasteiger partial charge on any atom is 0.308 e. The van der Waals surface area contributed by atoms with Gasteiger partial charge >= 0.3 is 5.97 Å². The SMILES string of the molecule is O=C1CC(O)CC(CCc2c(Cl)cc(Cl)cc2-c2ccc(F)cc2)O1. The molecule has 2 unspecified atom stereocenters. The van der Waals surface area contributed by atoms with Gasteiger partial charge in [0.05, 0.1) is 12.5 Å². The Kier molecular flexibility index (Phi) is 5.62. The summed E-state index contributed by atoms with van der Waals surface area (Å²) in [5.74, 6) is -0.703. The topological polar surface area (TPSA) is 46.5 Å². The molecule has 0 bridgehead atoms. The molecular formula is C19H17Cl2FO3. The van der Waals surface area contributed by atoms with Gasteiger partial charge < -0.3 is 9.84 Å². The molecule has 0 saturated carbocycles. The molecule has 0 spiro atoms. The first-order chi connectivity index (χ1) is 11.9. The van der Waals surface area contributed by atoms with E-state index in [9.17, 15) is 14.3 Å². The molecule has 2 aromatic rings. The Morgan fingerprint density at radius 2 is 1.92 bits per heavy atom. The van der Waals surface area contributed by atoms with Gasteiger partial charge in [0.1, 0.15) is 11.9 Å². The van der Waals surface area contributed by atoms with E-state index in [1.165, 1.54) is 12.1 Å². The zero-order valence-electron chi connectivity index (χ0n) is 13.3. The number of carbonyl (C=O) groups excluding carboxylic acids is 1. The first kappa shape index (κ1) is 18.2. The van der Waals surface area contributed by atoms with Gasteiger partial charge in [-0.15, -0.1) is 0 Å². The number of benzene rings is 2. The van der Waals surface area contributed by atoms with Crippen LogP contribution in [-0.2, 0) is 16.0 Å². The average molecular weight is 383 g/mol. The number of esters is 1. The van der Waals surface area contributed by atoms with E-state index in [-0.39, 0.29) is 24.3 Å². The second kappa shape index (κ2) is 7.73. The highest BCUT2D eigenvalue weighted by Crippen LogP contribution is 2.34. The summed E-state index contributed by atoms with van der Waals surface area (Å²) in [7, 11) is 0. The highest BCUT2D eigenvalue weighted by atomic mass is 35.5. The van der Waals surface area contributed by atoms with Crippen molar-refractivity contribution in [2.45, 2.75) is 37.9 Å². The summed E-state index contributed by atoms with van der Waals surface area (Å²) in [4.78, 5) is 11.5. The molecular weight excluding hydrogens is 366 g/mol. The smallest absolute Gasteiger partial charge is 0.308 e. The third-order valence-corrected chi connectivity index (χ3v) is 4.82. The van der Waals surface area contributed by atoms with Crippen LogP contribution >= 0.6 is 23.2 Å². The molecule has 0 aliphatic carbocycles. The minimum absolute atomic E-state index is 0.0407. The predicted molar refractivity (Wildman–Crippen MR) is 95.3 cm³/mol. The van der Waals surface area contributed by atoms with E-state index in [4.69, 9.17) is 27.9 Å². The van der Waals surface area contributed by atoms with Crippen LogP contribution < -0.4 is 0 Å². The molecule has 0 aromatic heterocycles. The summed E-state index contributed by atoms with van der Waals surface area (Å²) < 4.78 is 18.5. The van der Waals surface area contributed by atoms with Crippen molar-refractivity contribution in [3.05, 3.63) is 57.8 Å². The molecule has 2 aromatic carbocycles. The Balaban J connectivity index is 1.85. The number of rotatable bonds is 4. The summed E-state index contributed by atoms with van der Waals surface area (Å²) >= 11 is 12.5. The van der Waals surface area contributed by atoms with Gasteiger partial charge in [0.15, 0.2) is 0 Å². The summed E-state index contributed by atoms with van der Waals surface area (Å²) in [6.45, 7) is 0. The van der Waals surface area contributed by atoms with E-state index in [0.717, 1.165) is 16.7 Å². The maximum atomic E-state index is 13.2. The first-order valence-electron chi connectivity index (χ1n) is 8.04. The van der Waals surface area contributed by atoms with Crippen molar-refractivity contribution in [3.8, 4) is 11.1 Å². The van der Waals surface area contributed by atoms with Gasteiger partial charge in [0.25, 0.3) is 0 Å². The van der Waals surface area contributed by atoms with Crippen LogP contribution in [0.25, 0.3) is 11.1 Å². The second-order valence-corrected chi connectivity index (χ2v) is 7.01. The van der Waals surface area contributed by atoms with Crippen LogP contribution in [0.2, 0.25) is 10.0 Å². The van der Waals surface area contributed by atoms with Crippen molar-refractivity contribution >= 4 is 29.2 Å². The monoisotopic (exact) mass is 382 g/mol. The molecule has 2 atom stereocenters. The van der Waals surface area contributed by atoms with Crippen LogP contribution in [0.4, 0.5) is 4.39 Å². The summed E-state index contributed by atoms with van der Waals surface area (Å²) in [5.41, 5.74) is 2.48. The fraction of sp³-hybridized carbons (Fsp3) is 0.316. The zero-order chi connectivity index (χ0) is 18.0. The molecule has 1 heterocycles. The molecule has 25 heavy (non-hydrogen) atoms. The van der Waals surface area contributed by atoms with E-state index >= 15 is 0 Å². The minimum Gasteiger partial charge on any atom is -0.462 e. The lowest BCUT2D eigenvalue weighted by atomic mass is 9.93. The summed E-state index contributed by atoms with van der Waals surface area (Å²) in [6.07, 6.45) is 0.542. The van der Waals surface area contributed by atoms with Gasteiger partial charge in [-0.1, -0.05) is 35.3 Å². The van der Waals surface area contributed by atoms with Gasteiger partial charge in [-0.2, -0.15) is 0 Å². The lowest BCUT2D eigenvalue weighted by molar-refractivity contribution is -0.160. The van der Waals surface area contributed by atoms with Crippen molar-refractivity contribution < 1.29 is 19.0 Å². The molecule has 6 heteroatoms. The molecule has 3 nitrogen and oxygen atoms in total. The molecule has 132 valence electrons. The summed E-state index contributed by atoms with van der Waals surface area (Å²) in [6, 6.07) is 9.56. The predicted octanol–water partition coefficient (Wildman–Crippen LogP) is 4.80. The number of cyclic esters (lactones) is 1. The normalized spacial score (nSPS) is 20.4. The van der Waals surface area contributed by atoms with Gasteiger partial charge in [0, 0.05) is 16.5 Å². The quantitative estimate of drug-likeness (QED) is 0.772. The Morgan fingerprint density at radius 1 is 1.20 bits per heavy atom. The van der Waals surface area contributed by atoms with E-state index in [1.54, 1.807) is 24.3 Å². The second-order valence-electron chi connectivity index (χ2n) is 6.16. The van der Waals surface area contributed by atoms with Crippen molar-refractivity contribution in [1.29, 1.82) is 0 Å². The number of hydrogen-bond donors (Lipinski definition) is 1. The van der Waals surface area contributed by atoms with Crippen molar-refractivity contribution in [2.75, 3.05) is 0 Å². The number of halogens is 3. The number of carbonyl (C=O) groups is 1. The molecule has 1 fully saturated rings. The number of aliphatic hydroxyl groups is 1. The Labute approximate surface area is 155 Å². The number of aliphatic hydroxyl groups excluding tert-OH is 1. The fourth-order valence-electron chi connectivity index (χ4n) is 3.09. The van der Waals surface area contributed by atoms with Crippen LogP contribution in [0.1, 0.15) is 24.8 Å². The van der Waals surface area contributed by atoms with E-state index in [2.05, 4.69) is 0 Å². The Morgan fingerprint density at radius 3 is 2.60 bits per heavy atom. The lowest BCUT2D eigenvalue weighted by Crippen LogP contribution is -2.32. The molecule has 0 radical (unpaired) electrons. The Bertz CT molecular complexity index is 777. The summed E-state index contributed by atoms with van der Waals surface area (Å²) in [5, 5.41) is 10.7. The lowest BCUT2D eigenvalue weighted by Gasteiger charge is -2.26. The average Bonchev–Trinajstić information content (AvgIpc) is 2.53. The largest absolute Gasteiger partial charge is 0.462 e. The van der Waals surface area contributed by atoms with Gasteiger partial charge in [-0.25, -0.2) is 4.39 Å². The minimum atomic E-state index is -0.663. The van der Waals surface area contributed by atoms with E-state index < -0.39 is 6.10 Å². The van der Waals surface area contributed by atoms with Gasteiger partial charge in [-0.05, 0) is 53.8 Å². The zero-order valence-corrected chi connectivity index (χ0v) is 14.9. The Hall–Kier alpha value is -1.62. The molecule has 3 rings (SSSR count). The molecule has 1 N–H and O–H groups in total. The fourth-order valence-corrected chi connectivity index (χ4v) is 3.68. The molecule has 0 amide bonds. The maximum absolute atomic E-state index is 13.2. The van der Waals surface area contributed by atoms with Crippen LogP contribution in [0.3, 0.4) is 0 Å². The molecule has 1 saturated heterocycles. The van der Waals surface area contributed by atoms with Crippen molar-refractivity contribution in [3.63, 3.8) is 0 Å².